The molecule has 0 aliphatic carbocycles. The number of likely N-dealkylation sites (tertiary alicyclic amines) is 1. The predicted octanol–water partition coefficient (Wildman–Crippen LogP) is 0.803. The first-order valence-corrected chi connectivity index (χ1v) is 7.21. The lowest BCUT2D eigenvalue weighted by Gasteiger charge is -2.19. The third-order valence-electron chi connectivity index (χ3n) is 2.98. The molecular formula is C12H15NO5S. The van der Waals surface area contributed by atoms with Crippen LogP contribution >= 0.6 is 11.8 Å². The molecule has 2 atom stereocenters. The molecule has 19 heavy (non-hydrogen) atoms. The van der Waals surface area contributed by atoms with Crippen LogP contribution in [0.15, 0.2) is 16.5 Å². The number of rotatable bonds is 4. The number of aliphatic hydroxyl groups is 1. The second kappa shape index (κ2) is 5.66. The Balaban J connectivity index is 2.15. The summed E-state index contributed by atoms with van der Waals surface area (Å²) < 4.78 is 5.37. The molecule has 1 aliphatic heterocycles. The van der Waals surface area contributed by atoms with E-state index < -0.39 is 24.0 Å². The number of carbonyl (C=O) groups excluding carboxylic acids is 1. The predicted molar refractivity (Wildman–Crippen MR) is 69.0 cm³/mol. The summed E-state index contributed by atoms with van der Waals surface area (Å²) in [6.07, 6.45) is 1.17. The van der Waals surface area contributed by atoms with Gasteiger partial charge in [0, 0.05) is 13.0 Å². The minimum Gasteiger partial charge on any atom is -0.480 e. The third kappa shape index (κ3) is 2.93. The van der Waals surface area contributed by atoms with Gasteiger partial charge in [-0.1, -0.05) is 0 Å². The molecule has 1 fully saturated rings. The second-order valence-electron chi connectivity index (χ2n) is 4.40. The van der Waals surface area contributed by atoms with Crippen molar-refractivity contribution in [1.82, 2.24) is 4.90 Å². The van der Waals surface area contributed by atoms with Gasteiger partial charge < -0.3 is 19.5 Å². The topological polar surface area (TPSA) is 91.0 Å². The Morgan fingerprint density at radius 1 is 1.53 bits per heavy atom. The maximum atomic E-state index is 12.2. The van der Waals surface area contributed by atoms with Crippen molar-refractivity contribution < 1.29 is 24.2 Å². The van der Waals surface area contributed by atoms with E-state index in [1.807, 2.05) is 6.26 Å². The summed E-state index contributed by atoms with van der Waals surface area (Å²) in [6, 6.07) is 2.25. The molecular weight excluding hydrogens is 270 g/mol. The first-order chi connectivity index (χ1) is 9.02. The highest BCUT2D eigenvalue weighted by atomic mass is 32.2. The van der Waals surface area contributed by atoms with Crippen LogP contribution in [0.4, 0.5) is 0 Å². The molecule has 6 nitrogen and oxygen atoms in total. The fourth-order valence-corrected chi connectivity index (χ4v) is 2.57. The lowest BCUT2D eigenvalue weighted by Crippen LogP contribution is -2.40. The van der Waals surface area contributed by atoms with E-state index in [4.69, 9.17) is 9.52 Å². The highest BCUT2D eigenvalue weighted by molar-refractivity contribution is 7.97. The third-order valence-corrected chi connectivity index (χ3v) is 3.56. The van der Waals surface area contributed by atoms with Crippen LogP contribution in [0.5, 0.6) is 0 Å². The van der Waals surface area contributed by atoms with Gasteiger partial charge >= 0.3 is 5.97 Å². The van der Waals surface area contributed by atoms with E-state index in [1.54, 1.807) is 17.8 Å². The van der Waals surface area contributed by atoms with Crippen molar-refractivity contribution in [3.8, 4) is 0 Å². The molecule has 1 amide bonds. The van der Waals surface area contributed by atoms with E-state index in [1.165, 1.54) is 6.07 Å². The minimum absolute atomic E-state index is 0.0222. The van der Waals surface area contributed by atoms with Crippen LogP contribution in [0.25, 0.3) is 0 Å². The minimum atomic E-state index is -1.11. The first-order valence-electron chi connectivity index (χ1n) is 5.82. The van der Waals surface area contributed by atoms with Gasteiger partial charge in [0.05, 0.1) is 11.9 Å². The van der Waals surface area contributed by atoms with Crippen molar-refractivity contribution in [2.75, 3.05) is 12.8 Å². The summed E-state index contributed by atoms with van der Waals surface area (Å²) >= 11 is 1.57. The molecule has 0 spiro atoms. The van der Waals surface area contributed by atoms with Crippen LogP contribution in [0.3, 0.4) is 0 Å². The Bertz CT molecular complexity index is 486. The van der Waals surface area contributed by atoms with E-state index in [9.17, 15) is 14.7 Å². The highest BCUT2D eigenvalue weighted by Crippen LogP contribution is 2.22. The van der Waals surface area contributed by atoms with Gasteiger partial charge in [0.15, 0.2) is 5.76 Å². The van der Waals surface area contributed by atoms with Gasteiger partial charge in [-0.2, -0.15) is 11.8 Å². The average Bonchev–Trinajstić information content (AvgIpc) is 2.95. The molecule has 0 radical (unpaired) electrons. The summed E-state index contributed by atoms with van der Waals surface area (Å²) in [4.78, 5) is 24.4. The summed E-state index contributed by atoms with van der Waals surface area (Å²) in [5.41, 5.74) is 0. The largest absolute Gasteiger partial charge is 0.480 e. The zero-order valence-electron chi connectivity index (χ0n) is 10.4. The number of β-amino-alcohol motifs (C(OH)–C–C–N with tert-alkyl or cyclic N) is 1. The van der Waals surface area contributed by atoms with Crippen LogP contribution in [0, 0.1) is 0 Å². The fourth-order valence-electron chi connectivity index (χ4n) is 2.13. The Hall–Kier alpha value is -1.47. The van der Waals surface area contributed by atoms with Gasteiger partial charge in [0.25, 0.3) is 5.91 Å². The number of thioether (sulfide) groups is 1. The molecule has 7 heteroatoms. The Kier molecular flexibility index (Phi) is 4.16. The highest BCUT2D eigenvalue weighted by Gasteiger charge is 2.40. The number of furan rings is 1. The van der Waals surface area contributed by atoms with E-state index in [0.29, 0.717) is 11.5 Å². The van der Waals surface area contributed by atoms with Gasteiger partial charge in [-0.15, -0.1) is 0 Å². The maximum Gasteiger partial charge on any atom is 0.326 e. The summed E-state index contributed by atoms with van der Waals surface area (Å²) in [6.45, 7) is 0.0222. The Labute approximate surface area is 114 Å². The molecule has 0 unspecified atom stereocenters. The van der Waals surface area contributed by atoms with Gasteiger partial charge in [0.2, 0.25) is 0 Å². The molecule has 0 saturated carbocycles. The van der Waals surface area contributed by atoms with Gasteiger partial charge in [-0.3, -0.25) is 4.79 Å². The number of carboxylic acids is 1. The van der Waals surface area contributed by atoms with Crippen LogP contribution in [0.1, 0.15) is 22.7 Å². The number of aliphatic hydroxyl groups excluding tert-OH is 1. The molecule has 0 aromatic carbocycles. The first kappa shape index (κ1) is 14.0. The quantitative estimate of drug-likeness (QED) is 0.850. The van der Waals surface area contributed by atoms with E-state index in [-0.39, 0.29) is 18.7 Å². The van der Waals surface area contributed by atoms with Crippen LogP contribution < -0.4 is 0 Å². The molecule has 2 heterocycles. The number of carboxylic acid groups (broad SMARTS) is 1. The average molecular weight is 285 g/mol. The Morgan fingerprint density at radius 3 is 2.89 bits per heavy atom. The standard InChI is InChI=1S/C12H15NO5S/c1-19-6-8-2-3-10(18-8)11(15)13-5-7(14)4-9(13)12(16)17/h2-3,7,9,14H,4-6H2,1H3,(H,16,17)/t7-,9-/m0/s1. The van der Waals surface area contributed by atoms with Crippen LogP contribution in [-0.4, -0.2) is 51.9 Å². The number of aliphatic carboxylic acids is 1. The molecule has 2 rings (SSSR count). The van der Waals surface area contributed by atoms with Crippen molar-refractivity contribution in [1.29, 1.82) is 0 Å². The van der Waals surface area contributed by atoms with Gasteiger partial charge in [-0.25, -0.2) is 4.79 Å². The van der Waals surface area contributed by atoms with Crippen molar-refractivity contribution >= 4 is 23.6 Å². The lowest BCUT2D eigenvalue weighted by atomic mass is 10.2. The SMILES string of the molecule is CSCc1ccc(C(=O)N2C[C@@H](O)C[C@H]2C(=O)O)o1. The molecule has 0 bridgehead atoms. The van der Waals surface area contributed by atoms with E-state index in [2.05, 4.69) is 0 Å². The molecule has 2 N–H and O–H groups in total. The molecule has 1 saturated heterocycles. The zero-order valence-corrected chi connectivity index (χ0v) is 11.2. The lowest BCUT2D eigenvalue weighted by molar-refractivity contribution is -0.141. The van der Waals surface area contributed by atoms with Crippen molar-refractivity contribution in [3.05, 3.63) is 23.7 Å². The smallest absolute Gasteiger partial charge is 0.326 e. The van der Waals surface area contributed by atoms with Crippen molar-refractivity contribution in [3.63, 3.8) is 0 Å². The normalized spacial score (nSPS) is 22.7. The summed E-state index contributed by atoms with van der Waals surface area (Å²) in [7, 11) is 0. The summed E-state index contributed by atoms with van der Waals surface area (Å²) in [5.74, 6) is -0.165. The van der Waals surface area contributed by atoms with Crippen LogP contribution in [-0.2, 0) is 10.5 Å². The second-order valence-corrected chi connectivity index (χ2v) is 5.27. The van der Waals surface area contributed by atoms with Crippen molar-refractivity contribution in [2.45, 2.75) is 24.3 Å². The molecule has 1 aromatic rings. The monoisotopic (exact) mass is 285 g/mol. The van der Waals surface area contributed by atoms with Crippen LogP contribution in [0.2, 0.25) is 0 Å². The van der Waals surface area contributed by atoms with Gasteiger partial charge in [0.1, 0.15) is 11.8 Å². The fraction of sp³-hybridized carbons (Fsp3) is 0.500. The van der Waals surface area contributed by atoms with Gasteiger partial charge in [-0.05, 0) is 18.4 Å². The number of nitrogens with zero attached hydrogens (tertiary/aromatic N) is 1. The molecule has 104 valence electrons. The molecule has 1 aromatic heterocycles. The van der Waals surface area contributed by atoms with E-state index in [0.717, 1.165) is 4.90 Å². The number of hydrogen-bond acceptors (Lipinski definition) is 5. The maximum absolute atomic E-state index is 12.2. The van der Waals surface area contributed by atoms with Crippen molar-refractivity contribution in [2.24, 2.45) is 0 Å². The number of hydrogen-bond donors (Lipinski definition) is 2. The van der Waals surface area contributed by atoms with E-state index >= 15 is 0 Å². The zero-order chi connectivity index (χ0) is 14.0. The molecule has 1 aliphatic rings. The number of amides is 1. The summed E-state index contributed by atoms with van der Waals surface area (Å²) in [5, 5.41) is 18.6. The Morgan fingerprint density at radius 2 is 2.26 bits per heavy atom. The number of carbonyl (C=O) groups is 2.